The van der Waals surface area contributed by atoms with Crippen LogP contribution in [0, 0.1) is 14.4 Å². The molecule has 8 heavy (non-hydrogen) atoms. The lowest BCUT2D eigenvalue weighted by Gasteiger charge is -1.99. The molecule has 0 aromatic heterocycles. The molecule has 0 aliphatic rings. The fourth-order valence-corrected chi connectivity index (χ4v) is 0.966. The molecule has 0 unspecified atom stereocenters. The Labute approximate surface area is 59.4 Å². The minimum Gasteiger partial charge on any atom is -0.396 e. The zero-order valence-electron chi connectivity index (χ0n) is 3.96. The summed E-state index contributed by atoms with van der Waals surface area (Å²) in [4.78, 5) is 0. The van der Waals surface area contributed by atoms with Gasteiger partial charge in [-0.05, 0) is 22.6 Å². The summed E-state index contributed by atoms with van der Waals surface area (Å²) in [6, 6.07) is 0. The van der Waals surface area contributed by atoms with E-state index in [4.69, 9.17) is 16.6 Å². The van der Waals surface area contributed by atoms with Gasteiger partial charge < -0.3 is 5.73 Å². The van der Waals surface area contributed by atoms with Gasteiger partial charge in [0.05, 0.1) is 14.6 Å². The van der Waals surface area contributed by atoms with Crippen molar-refractivity contribution in [2.45, 2.75) is 0 Å². The lowest BCUT2D eigenvalue weighted by Crippen LogP contribution is -2.37. The van der Waals surface area contributed by atoms with Crippen LogP contribution in [0.5, 0.6) is 0 Å². The average Bonchev–Trinajstić information content (AvgIpc) is 1.83. The maximum atomic E-state index is 7.00. The number of nitrogens with two attached hydrogens (primary N) is 1. The van der Waals surface area contributed by atoms with Gasteiger partial charge in [0.15, 0.2) is 0 Å². The van der Waals surface area contributed by atoms with E-state index in [1.807, 2.05) is 22.6 Å². The van der Waals surface area contributed by atoms with E-state index in [1.165, 1.54) is 0 Å². The normalized spacial score (nSPS) is 10.1. The van der Waals surface area contributed by atoms with Crippen LogP contribution in [0.25, 0.3) is 0 Å². The van der Waals surface area contributed by atoms with Gasteiger partial charge in [0.25, 0.3) is 0 Å². The van der Waals surface area contributed by atoms with Gasteiger partial charge in [-0.1, -0.05) is 0 Å². The smallest absolute Gasteiger partial charge is 0.104 e. The number of hydrogen-bond acceptors (Lipinski definition) is 3. The van der Waals surface area contributed by atoms with E-state index in [0.29, 0.717) is 9.26 Å². The van der Waals surface area contributed by atoms with E-state index < -0.39 is 0 Å². The Bertz CT molecular complexity index is 251. The van der Waals surface area contributed by atoms with Crippen molar-refractivity contribution in [1.82, 2.24) is 0 Å². The summed E-state index contributed by atoms with van der Waals surface area (Å²) in [6.45, 7) is 0. The van der Waals surface area contributed by atoms with E-state index in [1.54, 1.807) is 0 Å². The summed E-state index contributed by atoms with van der Waals surface area (Å²) in [5.74, 6) is 0. The van der Waals surface area contributed by atoms with Crippen molar-refractivity contribution in [2.75, 3.05) is 5.73 Å². The van der Waals surface area contributed by atoms with Crippen LogP contribution in [-0.4, -0.2) is 0 Å². The van der Waals surface area contributed by atoms with Gasteiger partial charge in [0, 0.05) is 0 Å². The average molecular weight is 221 g/mol. The van der Waals surface area contributed by atoms with Crippen LogP contribution in [0.2, 0.25) is 0 Å². The predicted octanol–water partition coefficient (Wildman–Crippen LogP) is -0.292. The number of anilines is 1. The molecule has 0 heterocycles. The summed E-state index contributed by atoms with van der Waals surface area (Å²) in [6.07, 6.45) is 0. The van der Waals surface area contributed by atoms with Crippen LogP contribution >= 0.6 is 22.6 Å². The monoisotopic (exact) mass is 221 g/mol. The fraction of sp³-hybridized carbons (Fsp3) is 0. The van der Waals surface area contributed by atoms with Crippen LogP contribution in [0.3, 0.4) is 0 Å². The number of hydrogen-bond donors (Lipinski definition) is 3. The molecule has 1 aromatic rings. The SMILES string of the molecule is N=c1c(N)c(I)c1=N. The third-order valence-electron chi connectivity index (χ3n) is 0.975. The molecule has 1 aromatic carbocycles. The molecule has 0 saturated carbocycles. The Morgan fingerprint density at radius 3 is 1.88 bits per heavy atom. The first-order chi connectivity index (χ1) is 3.64. The highest BCUT2D eigenvalue weighted by atomic mass is 127. The van der Waals surface area contributed by atoms with Crippen molar-refractivity contribution >= 4 is 28.3 Å². The van der Waals surface area contributed by atoms with E-state index in [2.05, 4.69) is 0 Å². The molecular formula is C4H4IN3. The van der Waals surface area contributed by atoms with Crippen LogP contribution in [0.4, 0.5) is 5.69 Å². The first-order valence-electron chi connectivity index (χ1n) is 1.98. The summed E-state index contributed by atoms with van der Waals surface area (Å²) >= 11 is 1.95. The van der Waals surface area contributed by atoms with E-state index in [9.17, 15) is 0 Å². The topological polar surface area (TPSA) is 73.7 Å². The van der Waals surface area contributed by atoms with E-state index in [0.717, 1.165) is 0 Å². The Morgan fingerprint density at radius 2 is 1.75 bits per heavy atom. The fourth-order valence-electron chi connectivity index (χ4n) is 0.426. The summed E-state index contributed by atoms with van der Waals surface area (Å²) in [5.41, 5.74) is 5.72. The van der Waals surface area contributed by atoms with Gasteiger partial charge in [0.2, 0.25) is 0 Å². The summed E-state index contributed by atoms with van der Waals surface area (Å²) in [7, 11) is 0. The van der Waals surface area contributed by atoms with E-state index >= 15 is 0 Å². The van der Waals surface area contributed by atoms with Gasteiger partial charge in [-0.3, -0.25) is 10.8 Å². The Hall–Kier alpha value is -0.390. The Balaban J connectivity index is 3.48. The highest BCUT2D eigenvalue weighted by Crippen LogP contribution is 2.03. The zero-order valence-corrected chi connectivity index (χ0v) is 6.11. The molecule has 0 saturated heterocycles. The standard InChI is InChI=1S/C4H4IN3/c5-1-2(6)4(8)3(1)7/h6,8H,7H2. The number of nitrogen functional groups attached to an aromatic ring is 1. The maximum Gasteiger partial charge on any atom is 0.104 e. The maximum absolute atomic E-state index is 7.00. The minimum atomic E-state index is 0.175. The zero-order chi connectivity index (χ0) is 6.31. The molecule has 3 nitrogen and oxygen atoms in total. The number of halogens is 1. The predicted molar refractivity (Wildman–Crippen MR) is 37.7 cm³/mol. The molecule has 0 radical (unpaired) electrons. The second-order valence-corrected chi connectivity index (χ2v) is 2.56. The van der Waals surface area contributed by atoms with Gasteiger partial charge in [-0.2, -0.15) is 0 Å². The van der Waals surface area contributed by atoms with Crippen molar-refractivity contribution in [1.29, 1.82) is 10.8 Å². The van der Waals surface area contributed by atoms with Crippen LogP contribution in [0.15, 0.2) is 0 Å². The Morgan fingerprint density at radius 1 is 1.25 bits per heavy atom. The quantitative estimate of drug-likeness (QED) is 0.517. The molecular weight excluding hydrogens is 217 g/mol. The Kier molecular flexibility index (Phi) is 1.11. The van der Waals surface area contributed by atoms with Crippen molar-refractivity contribution in [2.24, 2.45) is 0 Å². The number of nitrogens with one attached hydrogen (secondary N) is 2. The molecule has 0 amide bonds. The summed E-state index contributed by atoms with van der Waals surface area (Å²) in [5, 5.41) is 14.4. The highest BCUT2D eigenvalue weighted by molar-refractivity contribution is 14.1. The molecule has 0 aliphatic heterocycles. The molecule has 4 heteroatoms. The first kappa shape index (κ1) is 5.74. The van der Waals surface area contributed by atoms with Crippen molar-refractivity contribution in [3.63, 3.8) is 0 Å². The first-order valence-corrected chi connectivity index (χ1v) is 3.06. The molecule has 1 rings (SSSR count). The van der Waals surface area contributed by atoms with Crippen molar-refractivity contribution in [3.05, 3.63) is 14.3 Å². The third kappa shape index (κ3) is 0.489. The molecule has 42 valence electrons. The largest absolute Gasteiger partial charge is 0.396 e. The van der Waals surface area contributed by atoms with E-state index in [-0.39, 0.29) is 10.7 Å². The molecule has 0 bridgehead atoms. The van der Waals surface area contributed by atoms with Crippen LogP contribution < -0.4 is 16.4 Å². The lowest BCUT2D eigenvalue weighted by atomic mass is 10.2. The van der Waals surface area contributed by atoms with Crippen LogP contribution in [-0.2, 0) is 0 Å². The lowest BCUT2D eigenvalue weighted by molar-refractivity contribution is 1.08. The molecule has 0 spiro atoms. The van der Waals surface area contributed by atoms with Crippen molar-refractivity contribution in [3.8, 4) is 0 Å². The van der Waals surface area contributed by atoms with Crippen LogP contribution in [0.1, 0.15) is 0 Å². The highest BCUT2D eigenvalue weighted by Gasteiger charge is 2.06. The second-order valence-electron chi connectivity index (χ2n) is 1.48. The van der Waals surface area contributed by atoms with Gasteiger partial charge in [-0.25, -0.2) is 0 Å². The summed E-state index contributed by atoms with van der Waals surface area (Å²) < 4.78 is 0.715. The second kappa shape index (κ2) is 1.54. The van der Waals surface area contributed by atoms with Gasteiger partial charge >= 0.3 is 0 Å². The molecule has 4 N–H and O–H groups in total. The van der Waals surface area contributed by atoms with Gasteiger partial charge in [0.1, 0.15) is 5.36 Å². The van der Waals surface area contributed by atoms with Gasteiger partial charge in [-0.15, -0.1) is 0 Å². The third-order valence-corrected chi connectivity index (χ3v) is 2.10. The van der Waals surface area contributed by atoms with Crippen molar-refractivity contribution < 1.29 is 0 Å². The number of rotatable bonds is 0. The minimum absolute atomic E-state index is 0.175. The molecule has 0 fully saturated rings. The molecule has 0 aliphatic carbocycles. The molecule has 0 atom stereocenters.